The molecule has 42 heavy (non-hydrogen) atoms. The molecule has 6 heteroatoms. The second-order valence-corrected chi connectivity index (χ2v) is 12.4. The molecule has 3 aliphatic rings. The van der Waals surface area contributed by atoms with E-state index in [9.17, 15) is 14.4 Å². The van der Waals surface area contributed by atoms with Gasteiger partial charge in [0.25, 0.3) is 0 Å². The molecule has 1 spiro atoms. The number of benzene rings is 3. The topological polar surface area (TPSA) is 66.5 Å². The molecule has 1 N–H and O–H groups in total. The molecule has 4 heterocycles. The van der Waals surface area contributed by atoms with Crippen LogP contribution in [0.15, 0.2) is 96.5 Å². The molecule has 1 aromatic heterocycles. The Morgan fingerprint density at radius 3 is 2.48 bits per heavy atom. The Kier molecular flexibility index (Phi) is 6.66. The number of ketones is 2. The molecule has 5 nitrogen and oxygen atoms in total. The van der Waals surface area contributed by atoms with Crippen molar-refractivity contribution in [2.75, 3.05) is 5.32 Å². The second kappa shape index (κ2) is 10.5. The van der Waals surface area contributed by atoms with E-state index in [1.54, 1.807) is 0 Å². The third-order valence-corrected chi connectivity index (χ3v) is 10.1. The molecule has 0 aliphatic carbocycles. The maximum absolute atomic E-state index is 14.9. The van der Waals surface area contributed by atoms with Gasteiger partial charge in [-0.25, -0.2) is 0 Å². The van der Waals surface area contributed by atoms with Crippen LogP contribution in [-0.4, -0.2) is 28.4 Å². The van der Waals surface area contributed by atoms with Gasteiger partial charge in [0, 0.05) is 17.5 Å². The summed E-state index contributed by atoms with van der Waals surface area (Å²) in [5.41, 5.74) is 3.81. The normalized spacial score (nSPS) is 23.4. The number of aryl methyl sites for hydroxylation is 1. The van der Waals surface area contributed by atoms with Crippen LogP contribution in [0.2, 0.25) is 0 Å². The van der Waals surface area contributed by atoms with Gasteiger partial charge in [-0.05, 0) is 58.7 Å². The van der Waals surface area contributed by atoms with Crippen LogP contribution in [-0.2, 0) is 16.6 Å². The van der Waals surface area contributed by atoms with E-state index >= 15 is 0 Å². The van der Waals surface area contributed by atoms with Gasteiger partial charge < -0.3 is 10.2 Å². The Morgan fingerprint density at radius 1 is 0.905 bits per heavy atom. The summed E-state index contributed by atoms with van der Waals surface area (Å²) in [5, 5.41) is 4.99. The first kappa shape index (κ1) is 26.6. The fraction of sp³-hybridized carbons (Fsp3) is 0.250. The highest BCUT2D eigenvalue weighted by Crippen LogP contribution is 2.62. The third kappa shape index (κ3) is 3.92. The average Bonchev–Trinajstić information content (AvgIpc) is 3.74. The number of rotatable bonds is 8. The zero-order valence-corrected chi connectivity index (χ0v) is 24.3. The molecule has 4 aromatic rings. The fourth-order valence-corrected chi connectivity index (χ4v) is 8.02. The molecule has 3 aromatic carbocycles. The number of unbranched alkanes of at least 4 members (excludes halogenated alkanes) is 2. The van der Waals surface area contributed by atoms with Crippen molar-refractivity contribution in [3.8, 4) is 0 Å². The largest absolute Gasteiger partial charge is 0.358 e. The molecule has 1 amide bonds. The summed E-state index contributed by atoms with van der Waals surface area (Å²) in [6.07, 6.45) is 8.29. The summed E-state index contributed by atoms with van der Waals surface area (Å²) in [5.74, 6) is -1.50. The van der Waals surface area contributed by atoms with Crippen LogP contribution in [0, 0.1) is 5.92 Å². The van der Waals surface area contributed by atoms with E-state index in [0.717, 1.165) is 36.0 Å². The van der Waals surface area contributed by atoms with E-state index in [-0.39, 0.29) is 17.5 Å². The van der Waals surface area contributed by atoms with Crippen molar-refractivity contribution in [3.05, 3.63) is 129 Å². The molecule has 0 saturated carbocycles. The first-order chi connectivity index (χ1) is 20.6. The average molecular weight is 573 g/mol. The maximum Gasteiger partial charge on any atom is 0.238 e. The predicted octanol–water partition coefficient (Wildman–Crippen LogP) is 7.46. The minimum absolute atomic E-state index is 0.136. The first-order valence-electron chi connectivity index (χ1n) is 14.7. The van der Waals surface area contributed by atoms with Crippen LogP contribution >= 0.6 is 11.3 Å². The molecule has 0 radical (unpaired) electrons. The van der Waals surface area contributed by atoms with Crippen molar-refractivity contribution < 1.29 is 14.4 Å². The predicted molar refractivity (Wildman–Crippen MR) is 167 cm³/mol. The van der Waals surface area contributed by atoms with Gasteiger partial charge in [-0.15, -0.1) is 11.3 Å². The SMILES string of the molecule is CCCCCc1ccc(C(=O)[C@@H]2[C@H](C(=O)c3cccs3)N3C=Cc4ccccc4[C@H]3[C@@]23C(=O)Nc2ccccc23)cc1. The van der Waals surface area contributed by atoms with Crippen LogP contribution in [0.25, 0.3) is 6.08 Å². The number of amides is 1. The molecular weight excluding hydrogens is 540 g/mol. The molecule has 0 unspecified atom stereocenters. The van der Waals surface area contributed by atoms with E-state index < -0.39 is 23.4 Å². The number of Topliss-reactive ketones (excluding diaryl/α,β-unsaturated/α-hetero) is 2. The molecule has 1 saturated heterocycles. The smallest absolute Gasteiger partial charge is 0.238 e. The Balaban J connectivity index is 1.44. The van der Waals surface area contributed by atoms with Gasteiger partial charge in [-0.2, -0.15) is 0 Å². The van der Waals surface area contributed by atoms with E-state index in [4.69, 9.17) is 0 Å². The number of carbonyl (C=O) groups is 3. The summed E-state index contributed by atoms with van der Waals surface area (Å²) in [4.78, 5) is 46.4. The molecule has 0 bridgehead atoms. The zero-order chi connectivity index (χ0) is 28.8. The molecule has 1 fully saturated rings. The van der Waals surface area contributed by atoms with Gasteiger partial charge in [-0.3, -0.25) is 14.4 Å². The quantitative estimate of drug-likeness (QED) is 0.176. The minimum Gasteiger partial charge on any atom is -0.358 e. The Bertz CT molecular complexity index is 1710. The number of anilines is 1. The lowest BCUT2D eigenvalue weighted by molar-refractivity contribution is -0.122. The number of fused-ring (bicyclic) bond motifs is 6. The van der Waals surface area contributed by atoms with Crippen molar-refractivity contribution in [2.45, 2.75) is 50.1 Å². The summed E-state index contributed by atoms with van der Waals surface area (Å²) >= 11 is 1.37. The lowest BCUT2D eigenvalue weighted by atomic mass is 9.62. The van der Waals surface area contributed by atoms with Crippen molar-refractivity contribution in [3.63, 3.8) is 0 Å². The van der Waals surface area contributed by atoms with Crippen molar-refractivity contribution >= 4 is 40.6 Å². The fourth-order valence-electron chi connectivity index (χ4n) is 7.33. The Morgan fingerprint density at radius 2 is 1.69 bits per heavy atom. The molecule has 7 rings (SSSR count). The van der Waals surface area contributed by atoms with Gasteiger partial charge >= 0.3 is 0 Å². The number of para-hydroxylation sites is 1. The summed E-state index contributed by atoms with van der Waals surface area (Å²) < 4.78 is 0. The maximum atomic E-state index is 14.9. The number of nitrogens with one attached hydrogen (secondary N) is 1. The summed E-state index contributed by atoms with van der Waals surface area (Å²) in [6.45, 7) is 2.19. The van der Waals surface area contributed by atoms with E-state index in [1.807, 2.05) is 107 Å². The molecule has 210 valence electrons. The number of hydrogen-bond donors (Lipinski definition) is 1. The Hall–Kier alpha value is -4.29. The van der Waals surface area contributed by atoms with Crippen molar-refractivity contribution in [1.82, 2.24) is 4.90 Å². The van der Waals surface area contributed by atoms with E-state index in [2.05, 4.69) is 12.2 Å². The number of nitrogens with zero attached hydrogens (tertiary/aromatic N) is 1. The first-order valence-corrected chi connectivity index (χ1v) is 15.6. The lowest BCUT2D eigenvalue weighted by Gasteiger charge is -2.38. The molecule has 4 atom stereocenters. The van der Waals surface area contributed by atoms with Crippen molar-refractivity contribution in [1.29, 1.82) is 0 Å². The van der Waals surface area contributed by atoms with Crippen LogP contribution in [0.4, 0.5) is 5.69 Å². The second-order valence-electron chi connectivity index (χ2n) is 11.4. The van der Waals surface area contributed by atoms with Crippen LogP contribution in [0.5, 0.6) is 0 Å². The zero-order valence-electron chi connectivity index (χ0n) is 23.5. The summed E-state index contributed by atoms with van der Waals surface area (Å²) in [7, 11) is 0. The number of carbonyl (C=O) groups excluding carboxylic acids is 3. The molecule has 3 aliphatic heterocycles. The number of hydrogen-bond acceptors (Lipinski definition) is 5. The highest BCUT2D eigenvalue weighted by Gasteiger charge is 2.70. The van der Waals surface area contributed by atoms with Gasteiger partial charge in [0.05, 0.1) is 16.8 Å². The minimum atomic E-state index is -1.30. The van der Waals surface area contributed by atoms with E-state index in [1.165, 1.54) is 23.3 Å². The third-order valence-electron chi connectivity index (χ3n) is 9.19. The monoisotopic (exact) mass is 572 g/mol. The van der Waals surface area contributed by atoms with Crippen LogP contribution in [0.1, 0.15) is 74.5 Å². The van der Waals surface area contributed by atoms with Crippen molar-refractivity contribution in [2.24, 2.45) is 5.92 Å². The van der Waals surface area contributed by atoms with E-state index in [0.29, 0.717) is 16.1 Å². The Labute approximate surface area is 249 Å². The summed E-state index contributed by atoms with van der Waals surface area (Å²) in [6, 6.07) is 25.7. The van der Waals surface area contributed by atoms with Crippen LogP contribution in [0.3, 0.4) is 0 Å². The molecular formula is C36H32N2O3S. The standard InChI is InChI=1S/C36H32N2O3S/c1-2-3-4-10-23-16-18-25(19-17-23)32(39)30-31(33(40)29-15-9-22-42-29)38-21-20-24-11-5-6-12-26(24)34(38)36(30)27-13-7-8-14-28(27)37-35(36)41/h5-9,11-22,30-31,34H,2-4,10H2,1H3,(H,37,41)/t30-,31+,34-,36-/m0/s1. The van der Waals surface area contributed by atoms with Crippen LogP contribution < -0.4 is 5.32 Å². The number of thiophene rings is 1. The highest BCUT2D eigenvalue weighted by atomic mass is 32.1. The highest BCUT2D eigenvalue weighted by molar-refractivity contribution is 7.12. The van der Waals surface area contributed by atoms with Gasteiger partial charge in [0.1, 0.15) is 11.5 Å². The lowest BCUT2D eigenvalue weighted by Crippen LogP contribution is -2.49. The van der Waals surface area contributed by atoms with Gasteiger partial charge in [0.2, 0.25) is 5.91 Å². The van der Waals surface area contributed by atoms with Gasteiger partial charge in [-0.1, -0.05) is 92.6 Å². The van der Waals surface area contributed by atoms with Gasteiger partial charge in [0.15, 0.2) is 11.6 Å².